The third-order valence-corrected chi connectivity index (χ3v) is 5.68. The summed E-state index contributed by atoms with van der Waals surface area (Å²) in [6, 6.07) is 11.7. The van der Waals surface area contributed by atoms with Gasteiger partial charge in [-0.1, -0.05) is 12.8 Å². The molecule has 2 aromatic rings. The molecule has 4 N–H and O–H groups in total. The number of aliphatic hydroxyl groups excluding tert-OH is 1. The number of aromatic hydroxyl groups is 1. The molecule has 1 fully saturated rings. The number of carbonyl (C=O) groups excluding carboxylic acids is 1. The van der Waals surface area contributed by atoms with Gasteiger partial charge in [0.25, 0.3) is 5.91 Å². The average Bonchev–Trinajstić information content (AvgIpc) is 3.39. The van der Waals surface area contributed by atoms with Crippen molar-refractivity contribution in [2.45, 2.75) is 37.9 Å². The van der Waals surface area contributed by atoms with Crippen LogP contribution in [0.3, 0.4) is 0 Å². The van der Waals surface area contributed by atoms with E-state index < -0.39 is 6.10 Å². The molecule has 3 rings (SSSR count). The summed E-state index contributed by atoms with van der Waals surface area (Å²) in [5, 5.41) is 25.6. The van der Waals surface area contributed by atoms with Crippen LogP contribution in [-0.2, 0) is 4.74 Å². The second-order valence-electron chi connectivity index (χ2n) is 8.41. The van der Waals surface area contributed by atoms with Gasteiger partial charge in [-0.05, 0) is 55.3 Å². The minimum atomic E-state index is -0.698. The number of hydrogen-bond acceptors (Lipinski definition) is 8. The minimum Gasteiger partial charge on any atom is -0.504 e. The molecule has 0 aliphatic heterocycles. The highest BCUT2D eigenvalue weighted by molar-refractivity contribution is 5.94. The second-order valence-corrected chi connectivity index (χ2v) is 8.41. The number of carbonyl (C=O) groups is 1. The molecule has 1 saturated carbocycles. The van der Waals surface area contributed by atoms with Gasteiger partial charge in [-0.3, -0.25) is 4.79 Å². The van der Waals surface area contributed by atoms with Crippen molar-refractivity contribution < 1.29 is 34.0 Å². The quantitative estimate of drug-likeness (QED) is 0.283. The Hall–Kier alpha value is -3.01. The number of phenols is 1. The molecule has 0 aromatic heterocycles. The van der Waals surface area contributed by atoms with E-state index in [1.807, 2.05) is 12.1 Å². The van der Waals surface area contributed by atoms with Crippen molar-refractivity contribution in [3.8, 4) is 23.0 Å². The average molecular weight is 489 g/mol. The molecule has 9 heteroatoms. The molecular formula is C26H36N2O7. The number of amides is 1. The van der Waals surface area contributed by atoms with Gasteiger partial charge in [-0.2, -0.15) is 0 Å². The van der Waals surface area contributed by atoms with Gasteiger partial charge in [0.05, 0.1) is 19.8 Å². The molecule has 0 heterocycles. The largest absolute Gasteiger partial charge is 0.504 e. The summed E-state index contributed by atoms with van der Waals surface area (Å²) < 4.78 is 22.1. The topological polar surface area (TPSA) is 119 Å². The van der Waals surface area contributed by atoms with Gasteiger partial charge in [-0.25, -0.2) is 0 Å². The van der Waals surface area contributed by atoms with Crippen LogP contribution in [0.2, 0.25) is 0 Å². The van der Waals surface area contributed by atoms with Crippen LogP contribution in [0.15, 0.2) is 42.5 Å². The molecule has 1 aliphatic carbocycles. The van der Waals surface area contributed by atoms with Crippen molar-refractivity contribution in [3.63, 3.8) is 0 Å². The smallest absolute Gasteiger partial charge is 0.251 e. The highest BCUT2D eigenvalue weighted by atomic mass is 16.5. The highest BCUT2D eigenvalue weighted by Gasteiger charge is 2.15. The van der Waals surface area contributed by atoms with E-state index in [9.17, 15) is 15.0 Å². The van der Waals surface area contributed by atoms with E-state index in [2.05, 4.69) is 10.6 Å². The Bertz CT molecular complexity index is 901. The summed E-state index contributed by atoms with van der Waals surface area (Å²) in [7, 11) is 1.42. The Morgan fingerprint density at radius 1 is 1.03 bits per heavy atom. The molecule has 1 unspecified atom stereocenters. The van der Waals surface area contributed by atoms with Gasteiger partial charge in [0.15, 0.2) is 11.5 Å². The fraction of sp³-hybridized carbons (Fsp3) is 0.500. The van der Waals surface area contributed by atoms with Gasteiger partial charge in [0.2, 0.25) is 0 Å². The van der Waals surface area contributed by atoms with E-state index in [-0.39, 0.29) is 24.0 Å². The third-order valence-electron chi connectivity index (χ3n) is 5.68. The predicted molar refractivity (Wildman–Crippen MR) is 132 cm³/mol. The number of rotatable bonds is 15. The van der Waals surface area contributed by atoms with E-state index in [4.69, 9.17) is 18.9 Å². The molecule has 192 valence electrons. The third kappa shape index (κ3) is 9.28. The van der Waals surface area contributed by atoms with E-state index in [0.717, 1.165) is 18.6 Å². The normalized spacial score (nSPS) is 14.5. The van der Waals surface area contributed by atoms with Crippen LogP contribution >= 0.6 is 0 Å². The number of aliphatic hydroxyl groups is 1. The summed E-state index contributed by atoms with van der Waals surface area (Å²) in [4.78, 5) is 12.2. The number of methoxy groups -OCH3 is 1. The maximum Gasteiger partial charge on any atom is 0.251 e. The lowest BCUT2D eigenvalue weighted by Gasteiger charge is -2.14. The number of benzene rings is 2. The fourth-order valence-corrected chi connectivity index (χ4v) is 3.77. The van der Waals surface area contributed by atoms with Crippen molar-refractivity contribution in [2.24, 2.45) is 0 Å². The number of phenolic OH excluding ortho intramolecular Hbond substituents is 1. The Labute approximate surface area is 206 Å². The lowest BCUT2D eigenvalue weighted by Crippen LogP contribution is -2.37. The first-order valence-electron chi connectivity index (χ1n) is 12.1. The lowest BCUT2D eigenvalue weighted by molar-refractivity contribution is 0.0382. The SMILES string of the molecule is COc1cc(C(=O)NCCNCC(O)COc2ccc(OCCOC3CCCC3)cc2)ccc1O. The van der Waals surface area contributed by atoms with Gasteiger partial charge >= 0.3 is 0 Å². The van der Waals surface area contributed by atoms with Crippen molar-refractivity contribution in [1.82, 2.24) is 10.6 Å². The lowest BCUT2D eigenvalue weighted by atomic mass is 10.2. The van der Waals surface area contributed by atoms with Crippen molar-refractivity contribution in [3.05, 3.63) is 48.0 Å². The molecule has 1 atom stereocenters. The van der Waals surface area contributed by atoms with Gasteiger partial charge < -0.3 is 39.8 Å². The molecule has 1 amide bonds. The first-order chi connectivity index (χ1) is 17.0. The summed E-state index contributed by atoms with van der Waals surface area (Å²) in [5.41, 5.74) is 0.391. The molecule has 35 heavy (non-hydrogen) atoms. The Kier molecular flexibility index (Phi) is 10.9. The number of ether oxygens (including phenoxy) is 4. The summed E-state index contributed by atoms with van der Waals surface area (Å²) in [5.74, 6) is 1.34. The van der Waals surface area contributed by atoms with Crippen LogP contribution in [0.25, 0.3) is 0 Å². The van der Waals surface area contributed by atoms with Crippen LogP contribution in [-0.4, -0.2) is 74.9 Å². The zero-order valence-electron chi connectivity index (χ0n) is 20.2. The molecule has 0 radical (unpaired) electrons. The van der Waals surface area contributed by atoms with Crippen molar-refractivity contribution in [2.75, 3.05) is 46.6 Å². The molecule has 0 saturated heterocycles. The van der Waals surface area contributed by atoms with Crippen LogP contribution < -0.4 is 24.8 Å². The summed E-state index contributed by atoms with van der Waals surface area (Å²) >= 11 is 0. The molecule has 2 aromatic carbocycles. The zero-order chi connectivity index (χ0) is 24.9. The maximum atomic E-state index is 12.2. The van der Waals surface area contributed by atoms with Gasteiger partial charge in [0, 0.05) is 25.2 Å². The molecule has 1 aliphatic rings. The molecule has 0 spiro atoms. The van der Waals surface area contributed by atoms with E-state index in [0.29, 0.717) is 50.3 Å². The Balaban J connectivity index is 1.23. The predicted octanol–water partition coefficient (Wildman–Crippen LogP) is 2.50. The van der Waals surface area contributed by atoms with Gasteiger partial charge in [-0.15, -0.1) is 0 Å². The highest BCUT2D eigenvalue weighted by Crippen LogP contribution is 2.26. The van der Waals surface area contributed by atoms with Crippen LogP contribution in [0.1, 0.15) is 36.0 Å². The van der Waals surface area contributed by atoms with Crippen LogP contribution in [0, 0.1) is 0 Å². The van der Waals surface area contributed by atoms with E-state index in [1.54, 1.807) is 12.1 Å². The zero-order valence-corrected chi connectivity index (χ0v) is 20.2. The van der Waals surface area contributed by atoms with Crippen molar-refractivity contribution >= 4 is 5.91 Å². The number of hydrogen-bond donors (Lipinski definition) is 4. The molecular weight excluding hydrogens is 452 g/mol. The summed E-state index contributed by atoms with van der Waals surface area (Å²) in [6.07, 6.45) is 4.52. The van der Waals surface area contributed by atoms with Crippen LogP contribution in [0.4, 0.5) is 0 Å². The van der Waals surface area contributed by atoms with Gasteiger partial charge in [0.1, 0.15) is 30.8 Å². The Morgan fingerprint density at radius 2 is 1.74 bits per heavy atom. The first kappa shape index (κ1) is 26.6. The fourth-order valence-electron chi connectivity index (χ4n) is 3.77. The van der Waals surface area contributed by atoms with E-state index >= 15 is 0 Å². The number of nitrogens with one attached hydrogen (secondary N) is 2. The van der Waals surface area contributed by atoms with Crippen LogP contribution in [0.5, 0.6) is 23.0 Å². The second kappa shape index (κ2) is 14.4. The molecule has 0 bridgehead atoms. The monoisotopic (exact) mass is 488 g/mol. The summed E-state index contributed by atoms with van der Waals surface area (Å²) in [6.45, 7) is 2.44. The molecule has 9 nitrogen and oxygen atoms in total. The van der Waals surface area contributed by atoms with Crippen molar-refractivity contribution in [1.29, 1.82) is 0 Å². The standard InChI is InChI=1S/C26H36N2O7/c1-32-25-16-19(6-11-24(25)30)26(31)28-13-12-27-17-20(29)18-35-23-9-7-22(8-10-23)34-15-14-33-21-4-2-3-5-21/h6-11,16,20-21,27,29-30H,2-5,12-15,17-18H2,1H3,(H,28,31). The maximum absolute atomic E-state index is 12.2. The Morgan fingerprint density at radius 3 is 2.46 bits per heavy atom. The first-order valence-corrected chi connectivity index (χ1v) is 12.1. The minimum absolute atomic E-state index is 0.0222. The van der Waals surface area contributed by atoms with E-state index in [1.165, 1.54) is 38.2 Å².